The van der Waals surface area contributed by atoms with Gasteiger partial charge in [0.1, 0.15) is 13.2 Å². The van der Waals surface area contributed by atoms with Gasteiger partial charge in [-0.3, -0.25) is 9.48 Å². The van der Waals surface area contributed by atoms with Gasteiger partial charge in [0.2, 0.25) is 0 Å². The van der Waals surface area contributed by atoms with Gasteiger partial charge >= 0.3 is 0 Å². The second kappa shape index (κ2) is 8.78. The van der Waals surface area contributed by atoms with E-state index in [2.05, 4.69) is 10.1 Å². The van der Waals surface area contributed by atoms with Crippen LogP contribution in [0.4, 0.5) is 5.69 Å². The minimum Gasteiger partial charge on any atom is -0.486 e. The summed E-state index contributed by atoms with van der Waals surface area (Å²) in [5, 5.41) is 5.28. The molecule has 0 unspecified atom stereocenters. The number of pyridine rings is 1. The molecule has 2 aromatic carbocycles. The zero-order valence-corrected chi connectivity index (χ0v) is 18.6. The Morgan fingerprint density at radius 1 is 1.09 bits per heavy atom. The highest BCUT2D eigenvalue weighted by Gasteiger charge is 2.21. The maximum atomic E-state index is 13.7. The lowest BCUT2D eigenvalue weighted by Gasteiger charge is -2.24. The summed E-state index contributed by atoms with van der Waals surface area (Å²) in [4.78, 5) is 19.9. The average molecular weight is 441 g/mol. The molecule has 1 aliphatic heterocycles. The van der Waals surface area contributed by atoms with Crippen LogP contribution < -0.4 is 14.4 Å². The van der Waals surface area contributed by atoms with Crippen LogP contribution in [0.3, 0.4) is 0 Å². The van der Waals surface area contributed by atoms with Crippen LogP contribution in [0.1, 0.15) is 21.6 Å². The molecular weight excluding hydrogens is 416 g/mol. The Bertz CT molecular complexity index is 1340. The van der Waals surface area contributed by atoms with Gasteiger partial charge in [-0.1, -0.05) is 42.5 Å². The summed E-state index contributed by atoms with van der Waals surface area (Å²) in [6.45, 7) is 3.31. The number of carbonyl (C=O) groups excluding carboxylic acids is 1. The number of fused-ring (bicyclic) bond motifs is 2. The third kappa shape index (κ3) is 4.17. The smallest absolute Gasteiger partial charge is 0.260 e. The number of amides is 1. The van der Waals surface area contributed by atoms with Gasteiger partial charge in [0.25, 0.3) is 5.91 Å². The molecule has 1 amide bonds. The summed E-state index contributed by atoms with van der Waals surface area (Å²) in [7, 11) is 1.85. The van der Waals surface area contributed by atoms with Gasteiger partial charge in [-0.2, -0.15) is 5.10 Å². The average Bonchev–Trinajstić information content (AvgIpc) is 3.14. The Hall–Kier alpha value is -4.13. The van der Waals surface area contributed by atoms with Gasteiger partial charge in [0, 0.05) is 36.9 Å². The number of anilines is 1. The van der Waals surface area contributed by atoms with Crippen molar-refractivity contribution in [1.29, 1.82) is 0 Å². The normalized spacial score (nSPS) is 12.9. The molecule has 0 saturated carbocycles. The third-order valence-corrected chi connectivity index (χ3v) is 5.59. The topological polar surface area (TPSA) is 69.5 Å². The number of hydrogen-bond acceptors (Lipinski definition) is 5. The van der Waals surface area contributed by atoms with E-state index in [1.807, 2.05) is 80.7 Å². The quantitative estimate of drug-likeness (QED) is 0.460. The van der Waals surface area contributed by atoms with Crippen molar-refractivity contribution in [3.8, 4) is 11.5 Å². The first-order chi connectivity index (χ1) is 16.1. The molecule has 3 heterocycles. The van der Waals surface area contributed by atoms with Crippen molar-refractivity contribution in [2.24, 2.45) is 7.05 Å². The molecule has 5 rings (SSSR count). The van der Waals surface area contributed by atoms with Crippen LogP contribution in [0.5, 0.6) is 11.5 Å². The molecule has 0 saturated heterocycles. The van der Waals surface area contributed by atoms with Crippen molar-refractivity contribution in [3.05, 3.63) is 83.7 Å². The number of carbonyl (C=O) groups is 1. The third-order valence-electron chi connectivity index (χ3n) is 5.59. The Morgan fingerprint density at radius 2 is 1.88 bits per heavy atom. The number of aromatic nitrogens is 3. The highest BCUT2D eigenvalue weighted by atomic mass is 16.6. The largest absolute Gasteiger partial charge is 0.486 e. The Labute approximate surface area is 191 Å². The maximum Gasteiger partial charge on any atom is 0.260 e. The van der Waals surface area contributed by atoms with E-state index in [0.29, 0.717) is 36.8 Å². The fourth-order valence-electron chi connectivity index (χ4n) is 3.94. The molecule has 4 aromatic rings. The zero-order valence-electron chi connectivity index (χ0n) is 18.6. The summed E-state index contributed by atoms with van der Waals surface area (Å²) in [6.07, 6.45) is 5.59. The summed E-state index contributed by atoms with van der Waals surface area (Å²) in [5.41, 5.74) is 3.89. The summed E-state index contributed by atoms with van der Waals surface area (Å²) < 4.78 is 13.1. The highest BCUT2D eigenvalue weighted by molar-refractivity contribution is 6.07. The second-order valence-corrected chi connectivity index (χ2v) is 7.86. The van der Waals surface area contributed by atoms with E-state index >= 15 is 0 Å². The molecular formula is C26H24N4O3. The molecule has 0 atom stereocenters. The SMILES string of the molecule is Cc1nn(C)c2ncc(C(=O)N(CC=Cc3ccccc3)c3ccc4c(c3)OCCO4)cc12. The fraction of sp³-hybridized carbons (Fsp3) is 0.192. The molecule has 0 spiro atoms. The number of rotatable bonds is 5. The minimum atomic E-state index is -0.151. The van der Waals surface area contributed by atoms with Gasteiger partial charge in [-0.05, 0) is 30.7 Å². The van der Waals surface area contributed by atoms with E-state index < -0.39 is 0 Å². The van der Waals surface area contributed by atoms with Crippen molar-refractivity contribution in [1.82, 2.24) is 14.8 Å². The molecule has 0 radical (unpaired) electrons. The Balaban J connectivity index is 1.50. The molecule has 0 bridgehead atoms. The number of hydrogen-bond donors (Lipinski definition) is 0. The molecule has 1 aliphatic rings. The van der Waals surface area contributed by atoms with Crippen molar-refractivity contribution in [2.75, 3.05) is 24.7 Å². The van der Waals surface area contributed by atoms with Crippen molar-refractivity contribution in [2.45, 2.75) is 6.92 Å². The molecule has 33 heavy (non-hydrogen) atoms. The zero-order chi connectivity index (χ0) is 22.8. The second-order valence-electron chi connectivity index (χ2n) is 7.86. The predicted octanol–water partition coefficient (Wildman–Crippen LogP) is 4.41. The molecule has 7 heteroatoms. The number of nitrogens with zero attached hydrogens (tertiary/aromatic N) is 4. The van der Waals surface area contributed by atoms with Gasteiger partial charge < -0.3 is 14.4 Å². The molecule has 0 fully saturated rings. The summed E-state index contributed by atoms with van der Waals surface area (Å²) in [5.74, 6) is 1.17. The van der Waals surface area contributed by atoms with Gasteiger partial charge in [0.15, 0.2) is 17.1 Å². The van der Waals surface area contributed by atoms with Gasteiger partial charge in [0.05, 0.1) is 11.3 Å². The van der Waals surface area contributed by atoms with Gasteiger partial charge in [-0.25, -0.2) is 4.98 Å². The predicted molar refractivity (Wildman–Crippen MR) is 128 cm³/mol. The standard InChI is InChI=1S/C26H24N4O3/c1-18-22-15-20(17-27-25(22)29(2)28-18)26(31)30(12-6-9-19-7-4-3-5-8-19)21-10-11-23-24(16-21)33-14-13-32-23/h3-11,15-17H,12-14H2,1-2H3. The van der Waals surface area contributed by atoms with Crippen LogP contribution in [0.25, 0.3) is 17.1 Å². The molecule has 2 aromatic heterocycles. The van der Waals surface area contributed by atoms with Crippen molar-refractivity contribution < 1.29 is 14.3 Å². The molecule has 7 nitrogen and oxygen atoms in total. The number of aryl methyl sites for hydroxylation is 2. The first-order valence-corrected chi connectivity index (χ1v) is 10.8. The van der Waals surface area contributed by atoms with Crippen molar-refractivity contribution in [3.63, 3.8) is 0 Å². The maximum absolute atomic E-state index is 13.7. The van der Waals surface area contributed by atoms with Crippen molar-refractivity contribution >= 4 is 28.7 Å². The van der Waals surface area contributed by atoms with E-state index in [0.717, 1.165) is 28.0 Å². The van der Waals surface area contributed by atoms with E-state index in [9.17, 15) is 4.79 Å². The van der Waals surface area contributed by atoms with E-state index in [1.54, 1.807) is 15.8 Å². The van der Waals surface area contributed by atoms with Crippen LogP contribution in [-0.4, -0.2) is 40.4 Å². The molecule has 166 valence electrons. The lowest BCUT2D eigenvalue weighted by molar-refractivity contribution is 0.0989. The van der Waals surface area contributed by atoms with Crippen LogP contribution in [0.2, 0.25) is 0 Å². The van der Waals surface area contributed by atoms with E-state index in [-0.39, 0.29) is 5.91 Å². The summed E-state index contributed by atoms with van der Waals surface area (Å²) >= 11 is 0. The van der Waals surface area contributed by atoms with Crippen LogP contribution in [-0.2, 0) is 7.05 Å². The Morgan fingerprint density at radius 3 is 2.70 bits per heavy atom. The molecule has 0 aliphatic carbocycles. The van der Waals surface area contributed by atoms with Crippen LogP contribution >= 0.6 is 0 Å². The minimum absolute atomic E-state index is 0.151. The Kier molecular flexibility index (Phi) is 5.52. The first kappa shape index (κ1) is 20.8. The molecule has 0 N–H and O–H groups in total. The number of ether oxygens (including phenoxy) is 2. The van der Waals surface area contributed by atoms with Gasteiger partial charge in [-0.15, -0.1) is 0 Å². The summed E-state index contributed by atoms with van der Waals surface area (Å²) in [6, 6.07) is 17.4. The van der Waals surface area contributed by atoms with Crippen LogP contribution in [0, 0.1) is 6.92 Å². The first-order valence-electron chi connectivity index (χ1n) is 10.8. The lowest BCUT2D eigenvalue weighted by atomic mass is 10.1. The fourth-order valence-corrected chi connectivity index (χ4v) is 3.94. The monoisotopic (exact) mass is 440 g/mol. The lowest BCUT2D eigenvalue weighted by Crippen LogP contribution is -2.31. The van der Waals surface area contributed by atoms with E-state index in [1.165, 1.54) is 0 Å². The van der Waals surface area contributed by atoms with Crippen LogP contribution in [0.15, 0.2) is 66.9 Å². The highest BCUT2D eigenvalue weighted by Crippen LogP contribution is 2.34. The van der Waals surface area contributed by atoms with E-state index in [4.69, 9.17) is 9.47 Å². The number of benzene rings is 2.